The highest BCUT2D eigenvalue weighted by atomic mass is 35.5. The standard InChI is InChI=1S/C14H16ClNO4.C11H14ClNO2/c1-9(8-20-16-10(2)14(17)18)6-11-7-12(15)4-5-13(11)19-3;1-8(7-15-13)5-9-6-10(12)3-4-11(9)14-2/h4-7H,8H2,1-3H3,(H,17,18);3-6H,7,13H2,1-2H3. The minimum atomic E-state index is -1.11. The van der Waals surface area contributed by atoms with Crippen LogP contribution in [0.1, 0.15) is 31.9 Å². The molecule has 35 heavy (non-hydrogen) atoms. The molecule has 0 unspecified atom stereocenters. The van der Waals surface area contributed by atoms with E-state index < -0.39 is 5.97 Å². The number of benzene rings is 2. The summed E-state index contributed by atoms with van der Waals surface area (Å²) in [6.45, 7) is 5.69. The first-order valence-electron chi connectivity index (χ1n) is 10.3. The van der Waals surface area contributed by atoms with Crippen LogP contribution in [0.3, 0.4) is 0 Å². The van der Waals surface area contributed by atoms with E-state index in [4.69, 9.17) is 48.5 Å². The summed E-state index contributed by atoms with van der Waals surface area (Å²) >= 11 is 11.8. The van der Waals surface area contributed by atoms with Crippen molar-refractivity contribution < 1.29 is 29.0 Å². The molecule has 10 heteroatoms. The normalized spacial score (nSPS) is 11.9. The maximum absolute atomic E-state index is 10.5. The third kappa shape index (κ3) is 11.3. The van der Waals surface area contributed by atoms with E-state index in [0.717, 1.165) is 28.0 Å². The average Bonchev–Trinajstić information content (AvgIpc) is 2.80. The van der Waals surface area contributed by atoms with Crippen molar-refractivity contribution in [2.75, 3.05) is 27.4 Å². The summed E-state index contributed by atoms with van der Waals surface area (Å²) in [5.74, 6) is 5.34. The molecule has 2 rings (SSSR count). The van der Waals surface area contributed by atoms with Crippen LogP contribution in [-0.2, 0) is 14.5 Å². The van der Waals surface area contributed by atoms with Gasteiger partial charge in [-0.15, -0.1) is 0 Å². The average molecular weight is 525 g/mol. The summed E-state index contributed by atoms with van der Waals surface area (Å²) in [6.07, 6.45) is 3.77. The summed E-state index contributed by atoms with van der Waals surface area (Å²) in [6, 6.07) is 10.7. The lowest BCUT2D eigenvalue weighted by atomic mass is 10.1. The number of aliphatic carboxylic acids is 1. The number of nitrogens with two attached hydrogens (primary N) is 1. The van der Waals surface area contributed by atoms with Gasteiger partial charge in [0.15, 0.2) is 5.71 Å². The van der Waals surface area contributed by atoms with Crippen LogP contribution in [0.5, 0.6) is 11.5 Å². The van der Waals surface area contributed by atoms with Crippen LogP contribution in [0, 0.1) is 0 Å². The van der Waals surface area contributed by atoms with Crippen molar-refractivity contribution >= 4 is 47.0 Å². The number of hydrogen-bond donors (Lipinski definition) is 2. The zero-order valence-electron chi connectivity index (χ0n) is 20.3. The minimum Gasteiger partial charge on any atom is -0.496 e. The highest BCUT2D eigenvalue weighted by Crippen LogP contribution is 2.26. The molecule has 2 aromatic carbocycles. The molecule has 0 heterocycles. The van der Waals surface area contributed by atoms with Crippen molar-refractivity contribution in [1.29, 1.82) is 0 Å². The molecule has 0 radical (unpaired) electrons. The van der Waals surface area contributed by atoms with E-state index in [9.17, 15) is 4.79 Å². The van der Waals surface area contributed by atoms with Crippen molar-refractivity contribution in [1.82, 2.24) is 0 Å². The Hall–Kier alpha value is -3.04. The Morgan fingerprint density at radius 3 is 1.77 bits per heavy atom. The molecule has 0 spiro atoms. The fraction of sp³-hybridized carbons (Fsp3) is 0.280. The Kier molecular flexibility index (Phi) is 13.5. The number of halogens is 2. The first-order valence-corrected chi connectivity index (χ1v) is 11.1. The number of ether oxygens (including phenoxy) is 2. The Balaban J connectivity index is 0.000000365. The second-order valence-corrected chi connectivity index (χ2v) is 8.19. The molecule has 0 saturated heterocycles. The predicted molar refractivity (Wildman–Crippen MR) is 140 cm³/mol. The van der Waals surface area contributed by atoms with Gasteiger partial charge in [0.05, 0.1) is 20.8 Å². The molecule has 0 aliphatic rings. The molecule has 2 aromatic rings. The molecule has 3 N–H and O–H groups in total. The molecule has 0 saturated carbocycles. The van der Waals surface area contributed by atoms with Crippen LogP contribution < -0.4 is 15.4 Å². The number of hydrogen-bond acceptors (Lipinski definition) is 7. The molecule has 0 aliphatic carbocycles. The fourth-order valence-corrected chi connectivity index (χ4v) is 3.01. The summed E-state index contributed by atoms with van der Waals surface area (Å²) in [7, 11) is 3.20. The van der Waals surface area contributed by atoms with E-state index in [0.29, 0.717) is 22.4 Å². The van der Waals surface area contributed by atoms with Gasteiger partial charge in [0.2, 0.25) is 0 Å². The predicted octanol–water partition coefficient (Wildman–Crippen LogP) is 5.87. The van der Waals surface area contributed by atoms with Gasteiger partial charge in [-0.25, -0.2) is 10.7 Å². The highest BCUT2D eigenvalue weighted by molar-refractivity contribution is 6.34. The molecule has 0 fully saturated rings. The van der Waals surface area contributed by atoms with Gasteiger partial charge in [-0.05, 0) is 80.5 Å². The second-order valence-electron chi connectivity index (χ2n) is 7.32. The highest BCUT2D eigenvalue weighted by Gasteiger charge is 2.04. The van der Waals surface area contributed by atoms with Gasteiger partial charge in [0.25, 0.3) is 0 Å². The Bertz CT molecular complexity index is 1080. The fourth-order valence-electron chi connectivity index (χ4n) is 2.65. The van der Waals surface area contributed by atoms with E-state index in [2.05, 4.69) is 9.99 Å². The van der Waals surface area contributed by atoms with Crippen molar-refractivity contribution in [3.63, 3.8) is 0 Å². The quantitative estimate of drug-likeness (QED) is 0.295. The summed E-state index contributed by atoms with van der Waals surface area (Å²) in [5.41, 5.74) is 3.49. The van der Waals surface area contributed by atoms with Crippen molar-refractivity contribution in [3.05, 3.63) is 68.7 Å². The van der Waals surface area contributed by atoms with Crippen LogP contribution in [0.15, 0.2) is 52.7 Å². The summed E-state index contributed by atoms with van der Waals surface area (Å²) in [4.78, 5) is 20.0. The monoisotopic (exact) mass is 524 g/mol. The number of oxime groups is 1. The van der Waals surface area contributed by atoms with Gasteiger partial charge in [0.1, 0.15) is 18.1 Å². The summed E-state index contributed by atoms with van der Waals surface area (Å²) in [5, 5.41) is 13.4. The number of methoxy groups -OCH3 is 2. The SMILES string of the molecule is COc1ccc(Cl)cc1C=C(C)CON.COc1ccc(Cl)cc1C=C(C)CON=C(C)C(=O)O. The molecular weight excluding hydrogens is 495 g/mol. The zero-order valence-corrected chi connectivity index (χ0v) is 21.8. The van der Waals surface area contributed by atoms with E-state index in [1.54, 1.807) is 38.5 Å². The van der Waals surface area contributed by atoms with Crippen LogP contribution in [0.4, 0.5) is 0 Å². The molecule has 0 amide bonds. The van der Waals surface area contributed by atoms with E-state index >= 15 is 0 Å². The molecule has 190 valence electrons. The van der Waals surface area contributed by atoms with Crippen LogP contribution >= 0.6 is 23.2 Å². The van der Waals surface area contributed by atoms with Gasteiger partial charge in [-0.2, -0.15) is 0 Å². The van der Waals surface area contributed by atoms with Gasteiger partial charge < -0.3 is 24.3 Å². The number of nitrogens with zero attached hydrogens (tertiary/aromatic N) is 1. The van der Waals surface area contributed by atoms with Gasteiger partial charge in [-0.3, -0.25) is 0 Å². The molecule has 0 aliphatic heterocycles. The maximum Gasteiger partial charge on any atom is 0.353 e. The van der Waals surface area contributed by atoms with E-state index in [1.807, 2.05) is 38.1 Å². The van der Waals surface area contributed by atoms with Crippen LogP contribution in [-0.4, -0.2) is 44.2 Å². The van der Waals surface area contributed by atoms with Crippen molar-refractivity contribution in [2.24, 2.45) is 11.1 Å². The van der Waals surface area contributed by atoms with E-state index in [1.165, 1.54) is 6.92 Å². The first kappa shape index (κ1) is 30.0. The summed E-state index contributed by atoms with van der Waals surface area (Å²) < 4.78 is 10.4. The molecule has 8 nitrogen and oxygen atoms in total. The van der Waals surface area contributed by atoms with Crippen molar-refractivity contribution in [3.8, 4) is 11.5 Å². The topological polar surface area (TPSA) is 113 Å². The Morgan fingerprint density at radius 1 is 0.914 bits per heavy atom. The third-order valence-corrected chi connectivity index (χ3v) is 4.77. The second kappa shape index (κ2) is 15.8. The number of carboxylic acid groups (broad SMARTS) is 1. The zero-order chi connectivity index (χ0) is 26.4. The molecule has 0 atom stereocenters. The Labute approximate surface area is 215 Å². The van der Waals surface area contributed by atoms with Crippen LogP contribution in [0.25, 0.3) is 12.2 Å². The number of carboxylic acids is 1. The third-order valence-electron chi connectivity index (χ3n) is 4.30. The first-order chi connectivity index (χ1) is 16.6. The lowest BCUT2D eigenvalue weighted by molar-refractivity contribution is -0.129. The Morgan fingerprint density at radius 2 is 1.37 bits per heavy atom. The smallest absolute Gasteiger partial charge is 0.353 e. The number of rotatable bonds is 10. The minimum absolute atomic E-state index is 0.0989. The van der Waals surface area contributed by atoms with Gasteiger partial charge in [-0.1, -0.05) is 28.4 Å². The maximum atomic E-state index is 10.5. The molecular formula is C25H30Cl2N2O6. The number of carbonyl (C=O) groups is 1. The largest absolute Gasteiger partial charge is 0.496 e. The lowest BCUT2D eigenvalue weighted by Crippen LogP contribution is -2.08. The molecule has 0 aromatic heterocycles. The van der Waals surface area contributed by atoms with Gasteiger partial charge >= 0.3 is 5.97 Å². The van der Waals surface area contributed by atoms with Crippen LogP contribution in [0.2, 0.25) is 10.0 Å². The van der Waals surface area contributed by atoms with E-state index in [-0.39, 0.29) is 12.3 Å². The molecule has 0 bridgehead atoms. The lowest BCUT2D eigenvalue weighted by Gasteiger charge is -2.06. The van der Waals surface area contributed by atoms with Gasteiger partial charge in [0, 0.05) is 21.2 Å². The van der Waals surface area contributed by atoms with Crippen molar-refractivity contribution in [2.45, 2.75) is 20.8 Å².